The van der Waals surface area contributed by atoms with Gasteiger partial charge >= 0.3 is 0 Å². The van der Waals surface area contributed by atoms with E-state index < -0.39 is 0 Å². The van der Waals surface area contributed by atoms with Gasteiger partial charge in [0.05, 0.1) is 10.0 Å². The Morgan fingerprint density at radius 1 is 1.17 bits per heavy atom. The number of carbonyl (C=O) groups excluding carboxylic acids is 2. The molecule has 0 spiro atoms. The Hall–Kier alpha value is -1.50. The minimum atomic E-state index is -0.169. The van der Waals surface area contributed by atoms with Crippen molar-refractivity contribution >= 4 is 35.0 Å². The van der Waals surface area contributed by atoms with Crippen LogP contribution < -0.4 is 15.4 Å². The highest BCUT2D eigenvalue weighted by Crippen LogP contribution is 2.27. The number of ether oxygens (including phenoxy) is 1. The van der Waals surface area contributed by atoms with E-state index in [2.05, 4.69) is 10.6 Å². The molecule has 1 aliphatic carbocycles. The van der Waals surface area contributed by atoms with Crippen molar-refractivity contribution in [3.8, 4) is 5.75 Å². The van der Waals surface area contributed by atoms with Gasteiger partial charge in [0.15, 0.2) is 6.61 Å². The van der Waals surface area contributed by atoms with Crippen LogP contribution in [0.5, 0.6) is 5.75 Å². The van der Waals surface area contributed by atoms with E-state index in [1.807, 2.05) is 11.9 Å². The van der Waals surface area contributed by atoms with Crippen LogP contribution in [0.2, 0.25) is 10.0 Å². The maximum Gasteiger partial charge on any atom is 0.258 e. The van der Waals surface area contributed by atoms with Gasteiger partial charge in [0.2, 0.25) is 5.91 Å². The second kappa shape index (κ2) is 11.2. The molecule has 1 aromatic carbocycles. The molecule has 0 radical (unpaired) electrons. The van der Waals surface area contributed by atoms with Crippen molar-refractivity contribution in [2.24, 2.45) is 11.8 Å². The van der Waals surface area contributed by atoms with Gasteiger partial charge in [-0.2, -0.15) is 0 Å². The molecule has 1 unspecified atom stereocenters. The molecule has 3 rings (SSSR count). The molecular formula is C22H31Cl2N3O3. The summed E-state index contributed by atoms with van der Waals surface area (Å²) in [4.78, 5) is 26.9. The summed E-state index contributed by atoms with van der Waals surface area (Å²) >= 11 is 11.8. The normalized spacial score (nSPS) is 24.2. The summed E-state index contributed by atoms with van der Waals surface area (Å²) in [5.74, 6) is 1.20. The molecule has 1 saturated heterocycles. The summed E-state index contributed by atoms with van der Waals surface area (Å²) in [6.07, 6.45) is 5.62. The fourth-order valence-electron chi connectivity index (χ4n) is 4.34. The largest absolute Gasteiger partial charge is 0.484 e. The van der Waals surface area contributed by atoms with Gasteiger partial charge in [-0.3, -0.25) is 9.59 Å². The number of amides is 2. The number of nitrogens with one attached hydrogen (secondary N) is 2. The zero-order valence-corrected chi connectivity index (χ0v) is 19.0. The maximum absolute atomic E-state index is 12.8. The van der Waals surface area contributed by atoms with Crippen LogP contribution in [0.3, 0.4) is 0 Å². The van der Waals surface area contributed by atoms with E-state index in [1.54, 1.807) is 18.2 Å². The van der Waals surface area contributed by atoms with Crippen molar-refractivity contribution in [3.05, 3.63) is 28.2 Å². The van der Waals surface area contributed by atoms with Gasteiger partial charge in [0.25, 0.3) is 5.91 Å². The molecule has 1 heterocycles. The molecule has 1 aromatic rings. The molecule has 8 heteroatoms. The molecule has 2 N–H and O–H groups in total. The first-order chi connectivity index (χ1) is 14.4. The minimum Gasteiger partial charge on any atom is -0.484 e. The third-order valence-corrected chi connectivity index (χ3v) is 6.75. The maximum atomic E-state index is 12.8. The van der Waals surface area contributed by atoms with Gasteiger partial charge in [-0.25, -0.2) is 0 Å². The van der Waals surface area contributed by atoms with Crippen molar-refractivity contribution in [2.45, 2.75) is 44.6 Å². The number of rotatable bonds is 7. The SMILES string of the molecule is CN(CC1CCCNC1)C(=O)C1CCC(NC(=O)COc2ccc(Cl)c(Cl)c2)CC1. The molecule has 1 saturated carbocycles. The topological polar surface area (TPSA) is 70.7 Å². The predicted molar refractivity (Wildman–Crippen MR) is 119 cm³/mol. The Bertz CT molecular complexity index is 732. The highest BCUT2D eigenvalue weighted by molar-refractivity contribution is 6.42. The molecule has 0 aromatic heterocycles. The first-order valence-corrected chi connectivity index (χ1v) is 11.5. The molecule has 0 bridgehead atoms. The molecule has 1 atom stereocenters. The molecule has 6 nitrogen and oxygen atoms in total. The average Bonchev–Trinajstić information content (AvgIpc) is 2.75. The lowest BCUT2D eigenvalue weighted by Crippen LogP contribution is -2.44. The Morgan fingerprint density at radius 3 is 2.60 bits per heavy atom. The van der Waals surface area contributed by atoms with Crippen LogP contribution >= 0.6 is 23.2 Å². The number of carbonyl (C=O) groups is 2. The number of halogens is 2. The van der Waals surface area contributed by atoms with E-state index in [-0.39, 0.29) is 30.4 Å². The second-order valence-corrected chi connectivity index (χ2v) is 9.23. The smallest absolute Gasteiger partial charge is 0.258 e. The third-order valence-electron chi connectivity index (χ3n) is 6.01. The van der Waals surface area contributed by atoms with Gasteiger partial charge in [-0.1, -0.05) is 23.2 Å². The van der Waals surface area contributed by atoms with Gasteiger partial charge in [0, 0.05) is 31.6 Å². The van der Waals surface area contributed by atoms with Gasteiger partial charge in [0.1, 0.15) is 5.75 Å². The van der Waals surface area contributed by atoms with E-state index in [4.69, 9.17) is 27.9 Å². The van der Waals surface area contributed by atoms with Crippen molar-refractivity contribution in [1.82, 2.24) is 15.5 Å². The lowest BCUT2D eigenvalue weighted by atomic mass is 9.85. The zero-order chi connectivity index (χ0) is 21.5. The number of benzene rings is 1. The van der Waals surface area contributed by atoms with Gasteiger partial charge in [-0.15, -0.1) is 0 Å². The minimum absolute atomic E-state index is 0.0622. The quantitative estimate of drug-likeness (QED) is 0.659. The lowest BCUT2D eigenvalue weighted by Gasteiger charge is -2.33. The highest BCUT2D eigenvalue weighted by Gasteiger charge is 2.30. The standard InChI is InChI=1S/C22H31Cl2N3O3/c1-27(13-15-3-2-10-25-12-15)22(29)16-4-6-17(7-5-16)26-21(28)14-30-18-8-9-19(23)20(24)11-18/h8-9,11,15-17,25H,2-7,10,12-14H2,1H3,(H,26,28). The van der Waals surface area contributed by atoms with Gasteiger partial charge in [-0.05, 0) is 69.7 Å². The molecule has 2 aliphatic rings. The summed E-state index contributed by atoms with van der Waals surface area (Å²) < 4.78 is 5.49. The summed E-state index contributed by atoms with van der Waals surface area (Å²) in [7, 11) is 1.92. The van der Waals surface area contributed by atoms with Crippen LogP contribution in [0, 0.1) is 11.8 Å². The summed E-state index contributed by atoms with van der Waals surface area (Å²) in [6.45, 7) is 2.84. The Morgan fingerprint density at radius 2 is 1.93 bits per heavy atom. The van der Waals surface area contributed by atoms with E-state index in [9.17, 15) is 9.59 Å². The number of piperidine rings is 1. The lowest BCUT2D eigenvalue weighted by molar-refractivity contribution is -0.136. The first-order valence-electron chi connectivity index (χ1n) is 10.7. The Kier molecular flexibility index (Phi) is 8.66. The fraction of sp³-hybridized carbons (Fsp3) is 0.636. The third kappa shape index (κ3) is 6.76. The van der Waals surface area contributed by atoms with Crippen LogP contribution in [0.1, 0.15) is 38.5 Å². The van der Waals surface area contributed by atoms with Crippen molar-refractivity contribution in [3.63, 3.8) is 0 Å². The molecule has 2 fully saturated rings. The Labute approximate surface area is 188 Å². The number of nitrogens with zero attached hydrogens (tertiary/aromatic N) is 1. The highest BCUT2D eigenvalue weighted by atomic mass is 35.5. The predicted octanol–water partition coefficient (Wildman–Crippen LogP) is 3.51. The van der Waals surface area contributed by atoms with Crippen LogP contribution in [-0.2, 0) is 9.59 Å². The fourth-order valence-corrected chi connectivity index (χ4v) is 4.63. The summed E-state index contributed by atoms with van der Waals surface area (Å²) in [6, 6.07) is 5.00. The number of hydrogen-bond acceptors (Lipinski definition) is 4. The summed E-state index contributed by atoms with van der Waals surface area (Å²) in [5, 5.41) is 7.26. The first kappa shape index (κ1) is 23.2. The molecule has 166 valence electrons. The second-order valence-electron chi connectivity index (χ2n) is 8.41. The molecule has 1 aliphatic heterocycles. The van der Waals surface area contributed by atoms with E-state index in [0.717, 1.165) is 45.3 Å². The molecular weight excluding hydrogens is 425 g/mol. The summed E-state index contributed by atoms with van der Waals surface area (Å²) in [5.41, 5.74) is 0. The molecule has 30 heavy (non-hydrogen) atoms. The average molecular weight is 456 g/mol. The van der Waals surface area contributed by atoms with Gasteiger partial charge < -0.3 is 20.3 Å². The van der Waals surface area contributed by atoms with Crippen LogP contribution in [0.4, 0.5) is 0 Å². The molecule has 2 amide bonds. The van der Waals surface area contributed by atoms with Crippen LogP contribution in [0.25, 0.3) is 0 Å². The van der Waals surface area contributed by atoms with Crippen molar-refractivity contribution < 1.29 is 14.3 Å². The van der Waals surface area contributed by atoms with Crippen molar-refractivity contribution in [2.75, 3.05) is 33.3 Å². The van der Waals surface area contributed by atoms with E-state index in [0.29, 0.717) is 21.7 Å². The van der Waals surface area contributed by atoms with Crippen molar-refractivity contribution in [1.29, 1.82) is 0 Å². The van der Waals surface area contributed by atoms with Crippen LogP contribution in [0.15, 0.2) is 18.2 Å². The Balaban J connectivity index is 1.36. The number of hydrogen-bond donors (Lipinski definition) is 2. The monoisotopic (exact) mass is 455 g/mol. The van der Waals surface area contributed by atoms with E-state index in [1.165, 1.54) is 12.8 Å². The van der Waals surface area contributed by atoms with Crippen LogP contribution in [-0.4, -0.2) is 56.0 Å². The zero-order valence-electron chi connectivity index (χ0n) is 17.5. The van der Waals surface area contributed by atoms with E-state index >= 15 is 0 Å².